The molecule has 0 aromatic heterocycles. The molecule has 18 heavy (non-hydrogen) atoms. The van der Waals surface area contributed by atoms with E-state index < -0.39 is 0 Å². The minimum absolute atomic E-state index is 0.238. The van der Waals surface area contributed by atoms with Crippen LogP contribution in [-0.2, 0) is 9.94 Å². The van der Waals surface area contributed by atoms with E-state index in [1.54, 1.807) is 0 Å². The molecule has 0 saturated carbocycles. The number of piperidine rings is 1. The summed E-state index contributed by atoms with van der Waals surface area (Å²) in [7, 11) is 0. The van der Waals surface area contributed by atoms with Gasteiger partial charge in [0.1, 0.15) is 0 Å². The average Bonchev–Trinajstić information content (AvgIpc) is 2.25. The smallest absolute Gasteiger partial charge is 0.0611 e. The second kappa shape index (κ2) is 6.36. The molecule has 1 aliphatic rings. The number of ether oxygens (including phenoxy) is 1. The van der Waals surface area contributed by atoms with Crippen LogP contribution in [0.15, 0.2) is 0 Å². The SMILES string of the molecule is CCCCCCOC1CC(C)(C)N([O])C(C)(C)C1. The number of unbranched alkanes of at least 4 members (excludes halogenated alkanes) is 3. The summed E-state index contributed by atoms with van der Waals surface area (Å²) in [6.45, 7) is 11.1. The molecule has 1 saturated heterocycles. The topological polar surface area (TPSA) is 32.4 Å². The van der Waals surface area contributed by atoms with E-state index in [1.165, 1.54) is 24.3 Å². The van der Waals surface area contributed by atoms with Gasteiger partial charge in [0, 0.05) is 17.7 Å². The van der Waals surface area contributed by atoms with Gasteiger partial charge in [-0.3, -0.25) is 0 Å². The number of nitrogens with zero attached hydrogens (tertiary/aromatic N) is 1. The zero-order chi connectivity index (χ0) is 13.8. The molecular weight excluding hydrogens is 226 g/mol. The molecule has 1 rings (SSSR count). The Kier molecular flexibility index (Phi) is 5.63. The van der Waals surface area contributed by atoms with Crippen molar-refractivity contribution >= 4 is 0 Å². The zero-order valence-corrected chi connectivity index (χ0v) is 12.8. The third-order valence-electron chi connectivity index (χ3n) is 3.91. The van der Waals surface area contributed by atoms with Crippen molar-refractivity contribution in [1.82, 2.24) is 5.06 Å². The summed E-state index contributed by atoms with van der Waals surface area (Å²) in [5, 5.41) is 13.5. The Hall–Kier alpha value is -0.120. The fraction of sp³-hybridized carbons (Fsp3) is 1.00. The molecule has 3 nitrogen and oxygen atoms in total. The molecule has 0 N–H and O–H groups in total. The summed E-state index contributed by atoms with van der Waals surface area (Å²) >= 11 is 0. The molecule has 107 valence electrons. The van der Waals surface area contributed by atoms with Crippen LogP contribution in [0.3, 0.4) is 0 Å². The molecule has 0 unspecified atom stereocenters. The van der Waals surface area contributed by atoms with Crippen LogP contribution in [0.4, 0.5) is 0 Å². The highest BCUT2D eigenvalue weighted by atomic mass is 16.5. The highest BCUT2D eigenvalue weighted by Crippen LogP contribution is 2.38. The highest BCUT2D eigenvalue weighted by molar-refractivity contribution is 4.96. The zero-order valence-electron chi connectivity index (χ0n) is 12.8. The van der Waals surface area contributed by atoms with Crippen molar-refractivity contribution in [3.8, 4) is 0 Å². The molecule has 0 aromatic rings. The van der Waals surface area contributed by atoms with Gasteiger partial charge in [0.2, 0.25) is 0 Å². The molecule has 1 radical (unpaired) electrons. The van der Waals surface area contributed by atoms with Gasteiger partial charge in [0.15, 0.2) is 0 Å². The van der Waals surface area contributed by atoms with E-state index in [4.69, 9.17) is 4.74 Å². The summed E-state index contributed by atoms with van der Waals surface area (Å²) < 4.78 is 5.98. The predicted octanol–water partition coefficient (Wildman–Crippen LogP) is 3.95. The summed E-state index contributed by atoms with van der Waals surface area (Å²) in [5.41, 5.74) is -0.619. The second-order valence-corrected chi connectivity index (χ2v) is 6.88. The maximum atomic E-state index is 12.2. The fourth-order valence-corrected chi connectivity index (χ4v) is 3.07. The normalized spacial score (nSPS) is 24.3. The van der Waals surface area contributed by atoms with E-state index >= 15 is 0 Å². The van der Waals surface area contributed by atoms with Gasteiger partial charge in [-0.15, -0.1) is 10.3 Å². The molecular formula is C15H30NO2. The van der Waals surface area contributed by atoms with Gasteiger partial charge in [-0.05, 0) is 47.0 Å². The molecule has 1 fully saturated rings. The van der Waals surface area contributed by atoms with E-state index in [0.29, 0.717) is 0 Å². The first-order chi connectivity index (χ1) is 8.29. The average molecular weight is 256 g/mol. The van der Waals surface area contributed by atoms with Gasteiger partial charge in [0.25, 0.3) is 0 Å². The summed E-state index contributed by atoms with van der Waals surface area (Å²) in [6, 6.07) is 0. The third kappa shape index (κ3) is 4.22. The maximum absolute atomic E-state index is 12.2. The van der Waals surface area contributed by atoms with Gasteiger partial charge in [-0.25, -0.2) is 0 Å². The monoisotopic (exact) mass is 256 g/mol. The van der Waals surface area contributed by atoms with E-state index in [0.717, 1.165) is 25.9 Å². The van der Waals surface area contributed by atoms with Gasteiger partial charge < -0.3 is 4.74 Å². The molecule has 1 aliphatic heterocycles. The lowest BCUT2D eigenvalue weighted by molar-refractivity contribution is -0.301. The molecule has 0 spiro atoms. The standard InChI is InChI=1S/C15H30NO2/c1-6-7-8-9-10-18-13-11-14(2,3)16(17)15(4,5)12-13/h13H,6-12H2,1-5H3. The third-order valence-corrected chi connectivity index (χ3v) is 3.91. The predicted molar refractivity (Wildman–Crippen MR) is 73.8 cm³/mol. The first kappa shape index (κ1) is 15.9. The van der Waals surface area contributed by atoms with Crippen LogP contribution in [0.1, 0.15) is 73.1 Å². The Balaban J connectivity index is 2.39. The summed E-state index contributed by atoms with van der Waals surface area (Å²) in [5.74, 6) is 0. The van der Waals surface area contributed by atoms with Crippen LogP contribution in [0.2, 0.25) is 0 Å². The van der Waals surface area contributed by atoms with Crippen molar-refractivity contribution in [2.75, 3.05) is 6.61 Å². The van der Waals surface area contributed by atoms with Crippen LogP contribution < -0.4 is 0 Å². The molecule has 0 amide bonds. The lowest BCUT2D eigenvalue weighted by atomic mass is 9.80. The lowest BCUT2D eigenvalue weighted by Crippen LogP contribution is -2.59. The van der Waals surface area contributed by atoms with E-state index in [1.807, 2.05) is 27.7 Å². The number of hydrogen-bond donors (Lipinski definition) is 0. The molecule has 1 heterocycles. The number of rotatable bonds is 6. The molecule has 0 atom stereocenters. The first-order valence-electron chi connectivity index (χ1n) is 7.38. The van der Waals surface area contributed by atoms with Crippen molar-refractivity contribution in [2.24, 2.45) is 0 Å². The van der Waals surface area contributed by atoms with Gasteiger partial charge >= 0.3 is 0 Å². The summed E-state index contributed by atoms with van der Waals surface area (Å²) in [4.78, 5) is 0. The van der Waals surface area contributed by atoms with E-state index in [2.05, 4.69) is 6.92 Å². The Morgan fingerprint density at radius 1 is 1.06 bits per heavy atom. The number of hydrogen-bond acceptors (Lipinski definition) is 2. The van der Waals surface area contributed by atoms with Crippen molar-refractivity contribution in [1.29, 1.82) is 0 Å². The maximum Gasteiger partial charge on any atom is 0.0611 e. The quantitative estimate of drug-likeness (QED) is 0.674. The van der Waals surface area contributed by atoms with Gasteiger partial charge in [-0.1, -0.05) is 26.2 Å². The minimum Gasteiger partial charge on any atom is -0.378 e. The molecule has 0 aliphatic carbocycles. The molecule has 3 heteroatoms. The van der Waals surface area contributed by atoms with E-state index in [9.17, 15) is 5.21 Å². The Labute approximate surface area is 112 Å². The van der Waals surface area contributed by atoms with Crippen molar-refractivity contribution in [2.45, 2.75) is 90.3 Å². The largest absolute Gasteiger partial charge is 0.378 e. The molecule has 0 bridgehead atoms. The van der Waals surface area contributed by atoms with Crippen LogP contribution >= 0.6 is 0 Å². The summed E-state index contributed by atoms with van der Waals surface area (Å²) in [6.07, 6.45) is 6.87. The van der Waals surface area contributed by atoms with Gasteiger partial charge in [-0.2, -0.15) is 0 Å². The van der Waals surface area contributed by atoms with Gasteiger partial charge in [0.05, 0.1) is 6.10 Å². The Morgan fingerprint density at radius 2 is 1.61 bits per heavy atom. The van der Waals surface area contributed by atoms with Crippen LogP contribution in [0.25, 0.3) is 0 Å². The molecule has 0 aromatic carbocycles. The van der Waals surface area contributed by atoms with Crippen LogP contribution in [0, 0.1) is 0 Å². The van der Waals surface area contributed by atoms with Crippen molar-refractivity contribution < 1.29 is 9.94 Å². The Morgan fingerprint density at radius 3 is 2.11 bits per heavy atom. The van der Waals surface area contributed by atoms with Crippen molar-refractivity contribution in [3.05, 3.63) is 0 Å². The Bertz CT molecular complexity index is 233. The fourth-order valence-electron chi connectivity index (χ4n) is 3.07. The van der Waals surface area contributed by atoms with Crippen LogP contribution in [0.5, 0.6) is 0 Å². The van der Waals surface area contributed by atoms with Crippen LogP contribution in [-0.4, -0.2) is 28.9 Å². The second-order valence-electron chi connectivity index (χ2n) is 6.88. The highest BCUT2D eigenvalue weighted by Gasteiger charge is 2.46. The lowest BCUT2D eigenvalue weighted by Gasteiger charge is -2.49. The van der Waals surface area contributed by atoms with E-state index in [-0.39, 0.29) is 17.2 Å². The minimum atomic E-state index is -0.310. The number of hydroxylamine groups is 2. The van der Waals surface area contributed by atoms with Crippen molar-refractivity contribution in [3.63, 3.8) is 0 Å². The first-order valence-corrected chi connectivity index (χ1v) is 7.38.